The second-order valence-electron chi connectivity index (χ2n) is 5.29. The van der Waals surface area contributed by atoms with Gasteiger partial charge in [-0.05, 0) is 24.7 Å². The quantitative estimate of drug-likeness (QED) is 0.616. The van der Waals surface area contributed by atoms with Crippen molar-refractivity contribution < 1.29 is 5.11 Å². The first kappa shape index (κ1) is 10.4. The molecular weight excluding hydrogens is 176 g/mol. The van der Waals surface area contributed by atoms with E-state index in [0.29, 0.717) is 11.5 Å². The molecule has 0 aromatic rings. The summed E-state index contributed by atoms with van der Waals surface area (Å²) in [5.41, 5.74) is 0.567. The van der Waals surface area contributed by atoms with Crippen molar-refractivity contribution in [1.82, 2.24) is 10.6 Å². The van der Waals surface area contributed by atoms with Crippen molar-refractivity contribution in [3.63, 3.8) is 0 Å². The second kappa shape index (κ2) is 4.17. The Labute approximate surface area is 86.3 Å². The summed E-state index contributed by atoms with van der Waals surface area (Å²) >= 11 is 0. The molecule has 1 saturated carbocycles. The van der Waals surface area contributed by atoms with Crippen LogP contribution in [-0.4, -0.2) is 36.9 Å². The van der Waals surface area contributed by atoms with Crippen molar-refractivity contribution in [2.75, 3.05) is 19.6 Å². The molecule has 0 bridgehead atoms. The van der Waals surface area contributed by atoms with Crippen LogP contribution in [0.15, 0.2) is 0 Å². The van der Waals surface area contributed by atoms with Gasteiger partial charge >= 0.3 is 0 Å². The zero-order valence-electron chi connectivity index (χ0n) is 9.05. The van der Waals surface area contributed by atoms with Crippen LogP contribution in [0.3, 0.4) is 0 Å². The molecule has 1 saturated heterocycles. The number of aliphatic hydroxyl groups excluding tert-OH is 1. The molecule has 0 spiro atoms. The van der Waals surface area contributed by atoms with Gasteiger partial charge in [-0.1, -0.05) is 13.3 Å². The van der Waals surface area contributed by atoms with Crippen LogP contribution < -0.4 is 10.6 Å². The van der Waals surface area contributed by atoms with Gasteiger partial charge in [0.15, 0.2) is 0 Å². The Hall–Kier alpha value is -0.120. The van der Waals surface area contributed by atoms with Gasteiger partial charge in [0.05, 0.1) is 6.10 Å². The fourth-order valence-electron chi connectivity index (χ4n) is 2.46. The van der Waals surface area contributed by atoms with E-state index < -0.39 is 0 Å². The summed E-state index contributed by atoms with van der Waals surface area (Å²) in [5.74, 6) is 0. The summed E-state index contributed by atoms with van der Waals surface area (Å²) in [6.07, 6.45) is 4.94. The topological polar surface area (TPSA) is 44.3 Å². The van der Waals surface area contributed by atoms with Gasteiger partial charge in [-0.2, -0.15) is 0 Å². The van der Waals surface area contributed by atoms with Gasteiger partial charge < -0.3 is 15.7 Å². The van der Waals surface area contributed by atoms with Gasteiger partial charge in [-0.3, -0.25) is 0 Å². The van der Waals surface area contributed by atoms with Crippen LogP contribution in [-0.2, 0) is 0 Å². The summed E-state index contributed by atoms with van der Waals surface area (Å²) in [7, 11) is 0. The molecule has 2 rings (SSSR count). The number of nitrogens with one attached hydrogen (secondary N) is 2. The molecule has 2 aliphatic rings. The lowest BCUT2D eigenvalue weighted by Gasteiger charge is -2.38. The fourth-order valence-corrected chi connectivity index (χ4v) is 2.46. The van der Waals surface area contributed by atoms with E-state index in [9.17, 15) is 5.11 Å². The van der Waals surface area contributed by atoms with Gasteiger partial charge in [0.1, 0.15) is 0 Å². The molecular formula is C11H22N2O. The van der Waals surface area contributed by atoms with E-state index in [2.05, 4.69) is 17.6 Å². The molecule has 2 fully saturated rings. The molecule has 0 aromatic heterocycles. The number of hydrogen-bond acceptors (Lipinski definition) is 3. The van der Waals surface area contributed by atoms with E-state index in [-0.39, 0.29) is 6.10 Å². The molecule has 3 N–H and O–H groups in total. The van der Waals surface area contributed by atoms with Crippen molar-refractivity contribution in [2.45, 2.75) is 44.8 Å². The molecule has 14 heavy (non-hydrogen) atoms. The average Bonchev–Trinajstić information content (AvgIpc) is 2.49. The van der Waals surface area contributed by atoms with E-state index in [0.717, 1.165) is 26.1 Å². The average molecular weight is 198 g/mol. The SMILES string of the molecule is CC1(CNCC2CC(O)CN2)CCC1. The highest BCUT2D eigenvalue weighted by molar-refractivity contribution is 4.87. The van der Waals surface area contributed by atoms with Crippen LogP contribution in [0.1, 0.15) is 32.6 Å². The van der Waals surface area contributed by atoms with Crippen molar-refractivity contribution in [2.24, 2.45) is 5.41 Å². The number of hydrogen-bond donors (Lipinski definition) is 3. The Kier molecular flexibility index (Phi) is 3.10. The lowest BCUT2D eigenvalue weighted by molar-refractivity contribution is 0.155. The highest BCUT2D eigenvalue weighted by atomic mass is 16.3. The van der Waals surface area contributed by atoms with Crippen molar-refractivity contribution in [1.29, 1.82) is 0 Å². The minimum absolute atomic E-state index is 0.124. The van der Waals surface area contributed by atoms with Crippen molar-refractivity contribution in [3.8, 4) is 0 Å². The molecule has 1 aliphatic heterocycles. The van der Waals surface area contributed by atoms with Crippen molar-refractivity contribution >= 4 is 0 Å². The van der Waals surface area contributed by atoms with Gasteiger partial charge in [-0.25, -0.2) is 0 Å². The van der Waals surface area contributed by atoms with Crippen LogP contribution in [0.25, 0.3) is 0 Å². The summed E-state index contributed by atoms with van der Waals surface area (Å²) in [6.45, 7) is 5.28. The van der Waals surface area contributed by atoms with Gasteiger partial charge in [-0.15, -0.1) is 0 Å². The summed E-state index contributed by atoms with van der Waals surface area (Å²) in [4.78, 5) is 0. The maximum atomic E-state index is 9.33. The first-order valence-electron chi connectivity index (χ1n) is 5.80. The molecule has 0 aromatic carbocycles. The van der Waals surface area contributed by atoms with Crippen LogP contribution in [0.2, 0.25) is 0 Å². The van der Waals surface area contributed by atoms with Gasteiger partial charge in [0.25, 0.3) is 0 Å². The van der Waals surface area contributed by atoms with Gasteiger partial charge in [0, 0.05) is 25.7 Å². The monoisotopic (exact) mass is 198 g/mol. The maximum absolute atomic E-state index is 9.33. The lowest BCUT2D eigenvalue weighted by atomic mass is 9.70. The number of rotatable bonds is 4. The van der Waals surface area contributed by atoms with Crippen LogP contribution >= 0.6 is 0 Å². The molecule has 2 unspecified atom stereocenters. The first-order chi connectivity index (χ1) is 6.68. The minimum Gasteiger partial charge on any atom is -0.392 e. The molecule has 3 nitrogen and oxygen atoms in total. The Balaban J connectivity index is 1.58. The zero-order valence-corrected chi connectivity index (χ0v) is 9.05. The zero-order chi connectivity index (χ0) is 10.0. The largest absolute Gasteiger partial charge is 0.392 e. The van der Waals surface area contributed by atoms with Crippen molar-refractivity contribution in [3.05, 3.63) is 0 Å². The third-order valence-electron chi connectivity index (χ3n) is 3.70. The third-order valence-corrected chi connectivity index (χ3v) is 3.70. The molecule has 1 heterocycles. The summed E-state index contributed by atoms with van der Waals surface area (Å²) in [6, 6.07) is 0.480. The van der Waals surface area contributed by atoms with Crippen LogP contribution in [0.4, 0.5) is 0 Å². The number of aliphatic hydroxyl groups is 1. The normalized spacial score (nSPS) is 35.6. The predicted octanol–water partition coefficient (Wildman–Crippen LogP) is 0.489. The smallest absolute Gasteiger partial charge is 0.0680 e. The Morgan fingerprint density at radius 1 is 1.50 bits per heavy atom. The molecule has 0 radical (unpaired) electrons. The first-order valence-corrected chi connectivity index (χ1v) is 5.80. The van der Waals surface area contributed by atoms with Crippen LogP contribution in [0, 0.1) is 5.41 Å². The van der Waals surface area contributed by atoms with Crippen LogP contribution in [0.5, 0.6) is 0 Å². The summed E-state index contributed by atoms with van der Waals surface area (Å²) in [5, 5.41) is 16.2. The summed E-state index contributed by atoms with van der Waals surface area (Å²) < 4.78 is 0. The minimum atomic E-state index is -0.124. The number of β-amino-alcohol motifs (C(OH)–C–C–N with tert-alkyl or cyclic N) is 1. The second-order valence-corrected chi connectivity index (χ2v) is 5.29. The Morgan fingerprint density at radius 3 is 2.79 bits per heavy atom. The molecule has 82 valence electrons. The van der Waals surface area contributed by atoms with E-state index >= 15 is 0 Å². The molecule has 1 aliphatic carbocycles. The predicted molar refractivity (Wildman–Crippen MR) is 57.2 cm³/mol. The third kappa shape index (κ3) is 2.47. The van der Waals surface area contributed by atoms with E-state index in [1.54, 1.807) is 0 Å². The van der Waals surface area contributed by atoms with Gasteiger partial charge in [0.2, 0.25) is 0 Å². The molecule has 2 atom stereocenters. The Bertz CT molecular complexity index is 192. The van der Waals surface area contributed by atoms with E-state index in [1.807, 2.05) is 0 Å². The Morgan fingerprint density at radius 2 is 2.29 bits per heavy atom. The highest BCUT2D eigenvalue weighted by Gasteiger charge is 2.31. The molecule has 3 heteroatoms. The van der Waals surface area contributed by atoms with E-state index in [4.69, 9.17) is 0 Å². The molecule has 0 amide bonds. The standard InChI is InChI=1S/C11H22N2O/c1-11(3-2-4-11)8-12-6-9-5-10(14)7-13-9/h9-10,12-14H,2-8H2,1H3. The fraction of sp³-hybridized carbons (Fsp3) is 1.00. The highest BCUT2D eigenvalue weighted by Crippen LogP contribution is 2.39. The maximum Gasteiger partial charge on any atom is 0.0680 e. The van der Waals surface area contributed by atoms with E-state index in [1.165, 1.54) is 19.3 Å². The lowest BCUT2D eigenvalue weighted by Crippen LogP contribution is -2.42.